The molecule has 1 aliphatic heterocycles. The maximum Gasteiger partial charge on any atom is 0.268 e. The van der Waals surface area contributed by atoms with E-state index in [4.69, 9.17) is 5.73 Å². The number of anilines is 1. The van der Waals surface area contributed by atoms with Gasteiger partial charge in [0.25, 0.3) is 11.8 Å². The van der Waals surface area contributed by atoms with E-state index < -0.39 is 35.0 Å². The van der Waals surface area contributed by atoms with Crippen molar-refractivity contribution < 1.29 is 28.3 Å². The molecule has 29 heavy (non-hydrogen) atoms. The Labute approximate surface area is 165 Å². The number of nitrogens with two attached hydrogens (primary N) is 1. The highest BCUT2D eigenvalue weighted by Crippen LogP contribution is 2.29. The van der Waals surface area contributed by atoms with E-state index in [9.17, 15) is 28.3 Å². The van der Waals surface area contributed by atoms with E-state index in [0.29, 0.717) is 11.3 Å². The number of halogens is 2. The van der Waals surface area contributed by atoms with Gasteiger partial charge in [-0.25, -0.2) is 8.78 Å². The molecular weight excluding hydrogens is 384 g/mol. The molecule has 0 spiro atoms. The Balaban J connectivity index is 1.65. The fourth-order valence-electron chi connectivity index (χ4n) is 3.21. The van der Waals surface area contributed by atoms with Crippen LogP contribution in [-0.4, -0.2) is 41.5 Å². The highest BCUT2D eigenvalue weighted by Gasteiger charge is 2.51. The molecule has 9 heteroatoms. The maximum absolute atomic E-state index is 13.2. The van der Waals surface area contributed by atoms with Gasteiger partial charge in [-0.15, -0.1) is 0 Å². The molecule has 2 aromatic carbocycles. The van der Waals surface area contributed by atoms with E-state index >= 15 is 0 Å². The van der Waals surface area contributed by atoms with E-state index in [1.807, 2.05) is 0 Å². The van der Waals surface area contributed by atoms with Gasteiger partial charge in [0.15, 0.2) is 0 Å². The fourth-order valence-corrected chi connectivity index (χ4v) is 3.21. The van der Waals surface area contributed by atoms with Crippen LogP contribution in [0.4, 0.5) is 14.5 Å². The molecule has 0 saturated carbocycles. The Morgan fingerprint density at radius 3 is 2.52 bits per heavy atom. The largest absolute Gasteiger partial charge is 0.372 e. The van der Waals surface area contributed by atoms with Crippen molar-refractivity contribution in [2.75, 3.05) is 18.0 Å². The molecule has 0 bridgehead atoms. The van der Waals surface area contributed by atoms with E-state index in [1.54, 1.807) is 6.07 Å². The van der Waals surface area contributed by atoms with Crippen LogP contribution in [0, 0.1) is 11.6 Å². The van der Waals surface area contributed by atoms with E-state index in [2.05, 4.69) is 5.32 Å². The summed E-state index contributed by atoms with van der Waals surface area (Å²) < 4.78 is 26.4. The molecule has 152 valence electrons. The fraction of sp³-hybridized carbons (Fsp3) is 0.250. The number of aliphatic hydroxyl groups is 1. The third-order valence-electron chi connectivity index (χ3n) is 4.74. The van der Waals surface area contributed by atoms with Crippen molar-refractivity contribution in [1.82, 2.24) is 5.32 Å². The van der Waals surface area contributed by atoms with Crippen molar-refractivity contribution in [2.24, 2.45) is 5.73 Å². The summed E-state index contributed by atoms with van der Waals surface area (Å²) in [5.74, 6) is -3.85. The van der Waals surface area contributed by atoms with Crippen LogP contribution in [0.2, 0.25) is 0 Å². The van der Waals surface area contributed by atoms with Gasteiger partial charge >= 0.3 is 0 Å². The van der Waals surface area contributed by atoms with Gasteiger partial charge in [-0.2, -0.15) is 0 Å². The van der Waals surface area contributed by atoms with Gasteiger partial charge in [-0.1, -0.05) is 6.07 Å². The standard InChI is InChI=1S/C20H19F2N3O4/c21-14-8-12(9-15(22)11-14)4-6-24-18(27)20(29)5-7-25(19(20)28)16-3-1-2-13(10-16)17(23)26/h1-3,8-11,29H,4-7H2,(H2,23,26)(H,24,27). The Hall–Kier alpha value is -3.33. The summed E-state index contributed by atoms with van der Waals surface area (Å²) >= 11 is 0. The predicted molar refractivity (Wildman–Crippen MR) is 100.0 cm³/mol. The summed E-state index contributed by atoms with van der Waals surface area (Å²) in [4.78, 5) is 37.6. The molecule has 1 atom stereocenters. The predicted octanol–water partition coefficient (Wildman–Crippen LogP) is 0.890. The molecule has 1 heterocycles. The minimum absolute atomic E-state index is 0.0194. The van der Waals surface area contributed by atoms with Crippen molar-refractivity contribution in [3.63, 3.8) is 0 Å². The first-order valence-electron chi connectivity index (χ1n) is 8.88. The van der Waals surface area contributed by atoms with Crippen LogP contribution in [0.5, 0.6) is 0 Å². The van der Waals surface area contributed by atoms with Crippen LogP contribution in [0.25, 0.3) is 0 Å². The molecule has 3 amide bonds. The Morgan fingerprint density at radius 1 is 1.17 bits per heavy atom. The molecule has 0 aromatic heterocycles. The van der Waals surface area contributed by atoms with E-state index in [1.165, 1.54) is 23.1 Å². The molecule has 0 aliphatic carbocycles. The molecular formula is C20H19F2N3O4. The number of hydrogen-bond donors (Lipinski definition) is 3. The molecule has 1 unspecified atom stereocenters. The number of hydrogen-bond acceptors (Lipinski definition) is 4. The van der Waals surface area contributed by atoms with Gasteiger partial charge < -0.3 is 21.1 Å². The van der Waals surface area contributed by atoms with Crippen LogP contribution >= 0.6 is 0 Å². The number of nitrogens with one attached hydrogen (secondary N) is 1. The average Bonchev–Trinajstić information content (AvgIpc) is 2.97. The second kappa shape index (κ2) is 7.96. The quantitative estimate of drug-likeness (QED) is 0.622. The first-order chi connectivity index (χ1) is 13.7. The monoisotopic (exact) mass is 403 g/mol. The van der Waals surface area contributed by atoms with Crippen molar-refractivity contribution in [1.29, 1.82) is 0 Å². The first-order valence-corrected chi connectivity index (χ1v) is 8.88. The molecule has 1 aliphatic rings. The zero-order valence-corrected chi connectivity index (χ0v) is 15.3. The lowest BCUT2D eigenvalue weighted by Crippen LogP contribution is -2.52. The Bertz CT molecular complexity index is 962. The molecule has 1 saturated heterocycles. The normalized spacial score (nSPS) is 18.7. The zero-order valence-electron chi connectivity index (χ0n) is 15.3. The number of primary amides is 1. The summed E-state index contributed by atoms with van der Waals surface area (Å²) in [6, 6.07) is 9.01. The highest BCUT2D eigenvalue weighted by molar-refractivity contribution is 6.16. The van der Waals surface area contributed by atoms with Gasteiger partial charge in [0.05, 0.1) is 0 Å². The average molecular weight is 403 g/mol. The number of rotatable bonds is 6. The first kappa shape index (κ1) is 20.4. The van der Waals surface area contributed by atoms with Crippen molar-refractivity contribution in [2.45, 2.75) is 18.4 Å². The maximum atomic E-state index is 13.2. The van der Waals surface area contributed by atoms with Gasteiger partial charge in [0, 0.05) is 36.8 Å². The second-order valence-corrected chi connectivity index (χ2v) is 6.77. The van der Waals surface area contributed by atoms with Crippen LogP contribution < -0.4 is 16.0 Å². The van der Waals surface area contributed by atoms with E-state index in [-0.39, 0.29) is 31.5 Å². The lowest BCUT2D eigenvalue weighted by atomic mass is 10.0. The van der Waals surface area contributed by atoms with Gasteiger partial charge in [0.2, 0.25) is 11.5 Å². The third-order valence-corrected chi connectivity index (χ3v) is 4.74. The second-order valence-electron chi connectivity index (χ2n) is 6.77. The third kappa shape index (κ3) is 4.24. The Morgan fingerprint density at radius 2 is 1.86 bits per heavy atom. The van der Waals surface area contributed by atoms with Gasteiger partial charge in [0.1, 0.15) is 11.6 Å². The summed E-state index contributed by atoms with van der Waals surface area (Å²) in [7, 11) is 0. The summed E-state index contributed by atoms with van der Waals surface area (Å²) in [5, 5.41) is 13.0. The molecule has 3 rings (SSSR count). The summed E-state index contributed by atoms with van der Waals surface area (Å²) in [6.45, 7) is 0.0502. The molecule has 1 fully saturated rings. The van der Waals surface area contributed by atoms with Crippen molar-refractivity contribution >= 4 is 23.4 Å². The molecule has 2 aromatic rings. The highest BCUT2D eigenvalue weighted by atomic mass is 19.1. The number of amides is 3. The molecule has 7 nitrogen and oxygen atoms in total. The van der Waals surface area contributed by atoms with Crippen molar-refractivity contribution in [3.05, 3.63) is 65.2 Å². The lowest BCUT2D eigenvalue weighted by Gasteiger charge is -2.22. The van der Waals surface area contributed by atoms with Crippen molar-refractivity contribution in [3.8, 4) is 0 Å². The number of carbonyl (C=O) groups excluding carboxylic acids is 3. The minimum Gasteiger partial charge on any atom is -0.372 e. The van der Waals surface area contributed by atoms with Crippen LogP contribution in [-0.2, 0) is 16.0 Å². The van der Waals surface area contributed by atoms with Crippen LogP contribution in [0.15, 0.2) is 42.5 Å². The Kier molecular flexibility index (Phi) is 5.60. The summed E-state index contributed by atoms with van der Waals surface area (Å²) in [6.07, 6.45) is -0.0257. The number of carbonyl (C=O) groups is 3. The zero-order chi connectivity index (χ0) is 21.2. The van der Waals surface area contributed by atoms with Gasteiger partial charge in [-0.3, -0.25) is 14.4 Å². The smallest absolute Gasteiger partial charge is 0.268 e. The lowest BCUT2D eigenvalue weighted by molar-refractivity contribution is -0.149. The number of nitrogens with zero attached hydrogens (tertiary/aromatic N) is 1. The summed E-state index contributed by atoms with van der Waals surface area (Å²) in [5.41, 5.74) is 3.83. The topological polar surface area (TPSA) is 113 Å². The molecule has 4 N–H and O–H groups in total. The number of benzene rings is 2. The SMILES string of the molecule is NC(=O)c1cccc(N2CCC(O)(C(=O)NCCc3cc(F)cc(F)c3)C2=O)c1. The van der Waals surface area contributed by atoms with Crippen LogP contribution in [0.3, 0.4) is 0 Å². The molecule has 0 radical (unpaired) electrons. The minimum atomic E-state index is -2.27. The van der Waals surface area contributed by atoms with Gasteiger partial charge in [-0.05, 0) is 42.3 Å². The van der Waals surface area contributed by atoms with Crippen LogP contribution in [0.1, 0.15) is 22.3 Å². The van der Waals surface area contributed by atoms with E-state index in [0.717, 1.165) is 18.2 Å².